The molecule has 1 unspecified atom stereocenters. The van der Waals surface area contributed by atoms with Crippen LogP contribution in [0, 0.1) is 21.4 Å². The molecule has 1 aromatic heterocycles. The van der Waals surface area contributed by atoms with E-state index in [-0.39, 0.29) is 11.0 Å². The van der Waals surface area contributed by atoms with Crippen molar-refractivity contribution >= 4 is 16.3 Å². The van der Waals surface area contributed by atoms with Crippen molar-refractivity contribution in [1.82, 2.24) is 4.90 Å². The SMILES string of the molecule is CCCCN(CC)C(C#N)c1ccc([N+](=O)[O-])s1. The molecule has 18 heavy (non-hydrogen) atoms. The van der Waals surface area contributed by atoms with Gasteiger partial charge in [-0.25, -0.2) is 0 Å². The van der Waals surface area contributed by atoms with Gasteiger partial charge in [-0.2, -0.15) is 5.26 Å². The Kier molecular flexibility index (Phi) is 5.75. The molecule has 0 saturated heterocycles. The van der Waals surface area contributed by atoms with Crippen LogP contribution in [0.25, 0.3) is 0 Å². The van der Waals surface area contributed by atoms with Crippen LogP contribution in [-0.2, 0) is 0 Å². The number of rotatable bonds is 7. The molecule has 0 N–H and O–H groups in total. The molecule has 0 aliphatic carbocycles. The van der Waals surface area contributed by atoms with E-state index < -0.39 is 4.92 Å². The maximum atomic E-state index is 10.7. The first-order chi connectivity index (χ1) is 8.63. The zero-order chi connectivity index (χ0) is 13.5. The first kappa shape index (κ1) is 14.6. The lowest BCUT2D eigenvalue weighted by Crippen LogP contribution is -2.28. The highest BCUT2D eigenvalue weighted by Gasteiger charge is 2.22. The lowest BCUT2D eigenvalue weighted by molar-refractivity contribution is -0.380. The molecule has 5 nitrogen and oxygen atoms in total. The summed E-state index contributed by atoms with van der Waals surface area (Å²) in [6, 6.07) is 5.03. The Morgan fingerprint density at radius 2 is 2.28 bits per heavy atom. The van der Waals surface area contributed by atoms with E-state index in [2.05, 4.69) is 17.9 Å². The van der Waals surface area contributed by atoms with Gasteiger partial charge >= 0.3 is 5.00 Å². The Bertz CT molecular complexity index is 439. The minimum atomic E-state index is -0.412. The molecule has 1 rings (SSSR count). The van der Waals surface area contributed by atoms with Gasteiger partial charge in [0.05, 0.1) is 11.0 Å². The molecule has 0 aliphatic heterocycles. The number of thiophene rings is 1. The van der Waals surface area contributed by atoms with Crippen LogP contribution < -0.4 is 0 Å². The predicted molar refractivity (Wildman–Crippen MR) is 71.5 cm³/mol. The van der Waals surface area contributed by atoms with E-state index in [4.69, 9.17) is 0 Å². The highest BCUT2D eigenvalue weighted by molar-refractivity contribution is 7.15. The van der Waals surface area contributed by atoms with E-state index in [0.717, 1.165) is 42.1 Å². The number of nitrogens with zero attached hydrogens (tertiary/aromatic N) is 3. The van der Waals surface area contributed by atoms with E-state index in [1.54, 1.807) is 6.07 Å². The standard InChI is InChI=1S/C12H17N3O2S/c1-3-5-8-14(4-2)10(9-13)11-6-7-12(18-11)15(16)17/h6-7,10H,3-5,8H2,1-2H3. The third kappa shape index (κ3) is 3.52. The summed E-state index contributed by atoms with van der Waals surface area (Å²) in [5, 5.41) is 20.0. The monoisotopic (exact) mass is 267 g/mol. The number of unbranched alkanes of at least 4 members (excludes halogenated alkanes) is 1. The highest BCUT2D eigenvalue weighted by atomic mass is 32.1. The van der Waals surface area contributed by atoms with Crippen LogP contribution in [0.3, 0.4) is 0 Å². The molecular formula is C12H17N3O2S. The van der Waals surface area contributed by atoms with E-state index in [9.17, 15) is 15.4 Å². The van der Waals surface area contributed by atoms with Crippen molar-refractivity contribution in [3.05, 3.63) is 27.1 Å². The summed E-state index contributed by atoms with van der Waals surface area (Å²) in [5.74, 6) is 0. The summed E-state index contributed by atoms with van der Waals surface area (Å²) in [6.07, 6.45) is 2.10. The van der Waals surface area contributed by atoms with Crippen molar-refractivity contribution in [3.63, 3.8) is 0 Å². The van der Waals surface area contributed by atoms with Crippen LogP contribution in [-0.4, -0.2) is 22.9 Å². The van der Waals surface area contributed by atoms with Gasteiger partial charge in [0.25, 0.3) is 0 Å². The summed E-state index contributed by atoms with van der Waals surface area (Å²) in [7, 11) is 0. The van der Waals surface area contributed by atoms with E-state index in [1.165, 1.54) is 6.07 Å². The number of nitriles is 1. The smallest absolute Gasteiger partial charge is 0.284 e. The second kappa shape index (κ2) is 7.09. The second-order valence-corrected chi connectivity index (χ2v) is 5.04. The molecule has 6 heteroatoms. The lowest BCUT2D eigenvalue weighted by atomic mass is 10.2. The fourth-order valence-electron chi connectivity index (χ4n) is 1.74. The topological polar surface area (TPSA) is 70.2 Å². The Morgan fingerprint density at radius 1 is 1.56 bits per heavy atom. The lowest BCUT2D eigenvalue weighted by Gasteiger charge is -2.24. The number of hydrogen-bond donors (Lipinski definition) is 0. The third-order valence-electron chi connectivity index (χ3n) is 2.75. The number of nitro groups is 1. The van der Waals surface area contributed by atoms with Crippen molar-refractivity contribution in [2.24, 2.45) is 0 Å². The average Bonchev–Trinajstić information content (AvgIpc) is 2.83. The molecule has 1 atom stereocenters. The molecule has 0 saturated carbocycles. The summed E-state index contributed by atoms with van der Waals surface area (Å²) < 4.78 is 0. The van der Waals surface area contributed by atoms with E-state index in [0.29, 0.717) is 0 Å². The van der Waals surface area contributed by atoms with Gasteiger partial charge in [0, 0.05) is 10.9 Å². The molecular weight excluding hydrogens is 250 g/mol. The van der Waals surface area contributed by atoms with Crippen molar-refractivity contribution < 1.29 is 4.92 Å². The zero-order valence-corrected chi connectivity index (χ0v) is 11.4. The van der Waals surface area contributed by atoms with E-state index in [1.807, 2.05) is 6.92 Å². The van der Waals surface area contributed by atoms with E-state index >= 15 is 0 Å². The molecule has 0 amide bonds. The molecule has 0 fully saturated rings. The molecule has 0 spiro atoms. The van der Waals surface area contributed by atoms with Crippen LogP contribution >= 0.6 is 11.3 Å². The average molecular weight is 267 g/mol. The minimum absolute atomic E-state index is 0.0943. The van der Waals surface area contributed by atoms with Gasteiger partial charge < -0.3 is 0 Å². The molecule has 0 radical (unpaired) electrons. The van der Waals surface area contributed by atoms with Crippen LogP contribution in [0.4, 0.5) is 5.00 Å². The molecule has 98 valence electrons. The largest absolute Gasteiger partial charge is 0.324 e. The van der Waals surface area contributed by atoms with Gasteiger partial charge in [-0.15, -0.1) is 0 Å². The first-order valence-electron chi connectivity index (χ1n) is 6.01. The first-order valence-corrected chi connectivity index (χ1v) is 6.83. The molecule has 0 aromatic carbocycles. The summed E-state index contributed by atoms with van der Waals surface area (Å²) in [6.45, 7) is 5.72. The van der Waals surface area contributed by atoms with Crippen molar-refractivity contribution in [3.8, 4) is 6.07 Å². The van der Waals surface area contributed by atoms with Gasteiger partial charge in [-0.3, -0.25) is 15.0 Å². The van der Waals surface area contributed by atoms with Crippen LogP contribution in [0.1, 0.15) is 37.6 Å². The minimum Gasteiger partial charge on any atom is -0.284 e. The number of hydrogen-bond acceptors (Lipinski definition) is 5. The summed E-state index contributed by atoms with van der Waals surface area (Å²) in [4.78, 5) is 13.1. The molecule has 1 aromatic rings. The molecule has 1 heterocycles. The molecule has 0 bridgehead atoms. The van der Waals surface area contributed by atoms with Crippen molar-refractivity contribution in [2.45, 2.75) is 32.7 Å². The van der Waals surface area contributed by atoms with Gasteiger partial charge in [0.1, 0.15) is 6.04 Å². The third-order valence-corrected chi connectivity index (χ3v) is 3.84. The van der Waals surface area contributed by atoms with Gasteiger partial charge in [0.15, 0.2) is 0 Å². The van der Waals surface area contributed by atoms with Crippen molar-refractivity contribution in [2.75, 3.05) is 13.1 Å². The second-order valence-electron chi connectivity index (χ2n) is 3.95. The maximum Gasteiger partial charge on any atom is 0.324 e. The summed E-state index contributed by atoms with van der Waals surface area (Å²) >= 11 is 1.09. The highest BCUT2D eigenvalue weighted by Crippen LogP contribution is 2.31. The Balaban J connectivity index is 2.86. The summed E-state index contributed by atoms with van der Waals surface area (Å²) in [5.41, 5.74) is 0. The van der Waals surface area contributed by atoms with Gasteiger partial charge in [-0.1, -0.05) is 31.6 Å². The Labute approximate surface area is 111 Å². The van der Waals surface area contributed by atoms with Crippen LogP contribution in [0.5, 0.6) is 0 Å². The normalized spacial score (nSPS) is 12.3. The fourth-order valence-corrected chi connectivity index (χ4v) is 2.65. The Morgan fingerprint density at radius 3 is 2.72 bits per heavy atom. The fraction of sp³-hybridized carbons (Fsp3) is 0.583. The molecule has 0 aliphatic rings. The quantitative estimate of drug-likeness (QED) is 0.561. The zero-order valence-electron chi connectivity index (χ0n) is 10.6. The van der Waals surface area contributed by atoms with Crippen molar-refractivity contribution in [1.29, 1.82) is 5.26 Å². The maximum absolute atomic E-state index is 10.7. The van der Waals surface area contributed by atoms with Crippen LogP contribution in [0.2, 0.25) is 0 Å². The Hall–Kier alpha value is -1.45. The van der Waals surface area contributed by atoms with Crippen LogP contribution in [0.15, 0.2) is 12.1 Å². The van der Waals surface area contributed by atoms with Gasteiger partial charge in [-0.05, 0) is 25.6 Å². The predicted octanol–water partition coefficient (Wildman–Crippen LogP) is 3.34. The van der Waals surface area contributed by atoms with Gasteiger partial charge in [0.2, 0.25) is 0 Å².